The average molecular weight is 411 g/mol. The quantitative estimate of drug-likeness (QED) is 0.833. The second-order valence-electron chi connectivity index (χ2n) is 5.57. The normalized spacial score (nSPS) is 16.9. The van der Waals surface area contributed by atoms with Gasteiger partial charge in [0, 0.05) is 41.3 Å². The fourth-order valence-corrected chi connectivity index (χ4v) is 2.86. The number of urea groups is 1. The minimum Gasteiger partial charge on any atom is -0.472 e. The third-order valence-corrected chi connectivity index (χ3v) is 4.50. The fraction of sp³-hybridized carbons (Fsp3) is 0.294. The van der Waals surface area contributed by atoms with Crippen molar-refractivity contribution in [3.05, 3.63) is 57.7 Å². The molecule has 7 heteroatoms. The van der Waals surface area contributed by atoms with Gasteiger partial charge in [0.15, 0.2) is 0 Å². The third kappa shape index (κ3) is 4.61. The number of benzene rings is 1. The molecule has 1 aromatic carbocycles. The lowest BCUT2D eigenvalue weighted by molar-refractivity contribution is 0.183. The number of ether oxygens (including phenoxy) is 1. The van der Waals surface area contributed by atoms with Crippen molar-refractivity contribution in [1.82, 2.24) is 15.2 Å². The molecule has 1 aliphatic rings. The number of amides is 2. The molecule has 1 saturated heterocycles. The summed E-state index contributed by atoms with van der Waals surface area (Å²) in [5, 5.41) is 3.61. The molecule has 1 N–H and O–H groups in total. The van der Waals surface area contributed by atoms with Gasteiger partial charge in [-0.15, -0.1) is 0 Å². The predicted octanol–water partition coefficient (Wildman–Crippen LogP) is 3.86. The Hall–Kier alpha value is -1.79. The number of nitrogens with zero attached hydrogens (tertiary/aromatic N) is 2. The van der Waals surface area contributed by atoms with Crippen LogP contribution in [0.25, 0.3) is 0 Å². The number of rotatable bonds is 4. The summed E-state index contributed by atoms with van der Waals surface area (Å²) in [6.07, 6.45) is 2.47. The summed E-state index contributed by atoms with van der Waals surface area (Å²) in [4.78, 5) is 18.2. The summed E-state index contributed by atoms with van der Waals surface area (Å²) in [5.74, 6) is 0.576. The first-order valence-corrected chi connectivity index (χ1v) is 8.83. The lowest BCUT2D eigenvalue weighted by atomic mass is 10.2. The van der Waals surface area contributed by atoms with Gasteiger partial charge in [-0.3, -0.25) is 0 Å². The Morgan fingerprint density at radius 1 is 1.33 bits per heavy atom. The summed E-state index contributed by atoms with van der Waals surface area (Å²) in [7, 11) is 0. The molecule has 0 radical (unpaired) electrons. The van der Waals surface area contributed by atoms with Gasteiger partial charge in [-0.1, -0.05) is 23.7 Å². The fourth-order valence-electron chi connectivity index (χ4n) is 2.50. The largest absolute Gasteiger partial charge is 0.472 e. The molecule has 1 unspecified atom stereocenters. The van der Waals surface area contributed by atoms with E-state index in [4.69, 9.17) is 16.3 Å². The smallest absolute Gasteiger partial charge is 0.317 e. The van der Waals surface area contributed by atoms with Crippen molar-refractivity contribution in [3.63, 3.8) is 0 Å². The second-order valence-corrected chi connectivity index (χ2v) is 6.93. The highest BCUT2D eigenvalue weighted by Gasteiger charge is 2.27. The number of hydrogen-bond donors (Lipinski definition) is 1. The van der Waals surface area contributed by atoms with Gasteiger partial charge in [0.2, 0.25) is 5.88 Å². The number of carbonyl (C=O) groups excluding carboxylic acids is 1. The summed E-state index contributed by atoms with van der Waals surface area (Å²) < 4.78 is 6.73. The van der Waals surface area contributed by atoms with Crippen LogP contribution in [-0.2, 0) is 6.54 Å². The number of carbonyl (C=O) groups is 1. The summed E-state index contributed by atoms with van der Waals surface area (Å²) in [6.45, 7) is 1.71. The molecule has 1 aromatic heterocycles. The van der Waals surface area contributed by atoms with Crippen LogP contribution in [0.2, 0.25) is 5.02 Å². The number of nitrogens with one attached hydrogen (secondary N) is 1. The van der Waals surface area contributed by atoms with Crippen molar-refractivity contribution < 1.29 is 9.53 Å². The van der Waals surface area contributed by atoms with Crippen LogP contribution in [-0.4, -0.2) is 35.1 Å². The first-order chi connectivity index (χ1) is 11.6. The second kappa shape index (κ2) is 7.85. The molecular weight excluding hydrogens is 394 g/mol. The molecule has 1 atom stereocenters. The number of hydrogen-bond acceptors (Lipinski definition) is 3. The number of pyridine rings is 1. The van der Waals surface area contributed by atoms with Crippen LogP contribution in [0.5, 0.6) is 5.88 Å². The molecule has 126 valence electrons. The van der Waals surface area contributed by atoms with E-state index in [0.29, 0.717) is 30.5 Å². The van der Waals surface area contributed by atoms with Crippen LogP contribution in [0.4, 0.5) is 4.79 Å². The molecular formula is C17H17BrClN3O2. The topological polar surface area (TPSA) is 54.5 Å². The zero-order valence-electron chi connectivity index (χ0n) is 12.9. The number of likely N-dealkylation sites (tertiary alicyclic amines) is 1. The summed E-state index contributed by atoms with van der Waals surface area (Å²) in [5.41, 5.74) is 1.01. The molecule has 5 nitrogen and oxygen atoms in total. The molecule has 0 bridgehead atoms. The monoisotopic (exact) mass is 409 g/mol. The highest BCUT2D eigenvalue weighted by Crippen LogP contribution is 2.18. The van der Waals surface area contributed by atoms with E-state index in [1.165, 1.54) is 0 Å². The van der Waals surface area contributed by atoms with Crippen LogP contribution < -0.4 is 10.1 Å². The van der Waals surface area contributed by atoms with Gasteiger partial charge in [-0.2, -0.15) is 0 Å². The molecule has 0 saturated carbocycles. The molecule has 1 aliphatic heterocycles. The third-order valence-electron chi connectivity index (χ3n) is 3.78. The predicted molar refractivity (Wildman–Crippen MR) is 96.2 cm³/mol. The average Bonchev–Trinajstić information content (AvgIpc) is 3.05. The van der Waals surface area contributed by atoms with Gasteiger partial charge in [0.1, 0.15) is 6.10 Å². The van der Waals surface area contributed by atoms with Crippen molar-refractivity contribution in [3.8, 4) is 5.88 Å². The molecule has 2 aromatic rings. The lowest BCUT2D eigenvalue weighted by Crippen LogP contribution is -2.39. The van der Waals surface area contributed by atoms with E-state index in [2.05, 4.69) is 26.2 Å². The maximum absolute atomic E-state index is 12.2. The zero-order chi connectivity index (χ0) is 16.9. The van der Waals surface area contributed by atoms with Crippen LogP contribution in [0.15, 0.2) is 47.1 Å². The molecule has 3 rings (SSSR count). The van der Waals surface area contributed by atoms with Crippen molar-refractivity contribution in [2.45, 2.75) is 19.1 Å². The van der Waals surface area contributed by atoms with Gasteiger partial charge in [-0.25, -0.2) is 9.78 Å². The zero-order valence-corrected chi connectivity index (χ0v) is 15.3. The van der Waals surface area contributed by atoms with E-state index in [1.54, 1.807) is 11.1 Å². The standard InChI is InChI=1S/C17H17BrClN3O2/c18-13-3-6-16(20-10-13)24-15-7-8-22(11-15)17(23)21-9-12-1-4-14(19)5-2-12/h1-6,10,15H,7-9,11H2,(H,21,23). The van der Waals surface area contributed by atoms with E-state index < -0.39 is 0 Å². The maximum atomic E-state index is 12.2. The summed E-state index contributed by atoms with van der Waals surface area (Å²) >= 11 is 9.19. The van der Waals surface area contributed by atoms with Crippen molar-refractivity contribution in [2.75, 3.05) is 13.1 Å². The lowest BCUT2D eigenvalue weighted by Gasteiger charge is -2.17. The Morgan fingerprint density at radius 2 is 2.12 bits per heavy atom. The Morgan fingerprint density at radius 3 is 2.83 bits per heavy atom. The van der Waals surface area contributed by atoms with E-state index in [9.17, 15) is 4.79 Å². The first kappa shape index (κ1) is 17.0. The van der Waals surface area contributed by atoms with Crippen molar-refractivity contribution in [2.24, 2.45) is 0 Å². The Kier molecular flexibility index (Phi) is 5.58. The number of aromatic nitrogens is 1. The maximum Gasteiger partial charge on any atom is 0.317 e. The van der Waals surface area contributed by atoms with E-state index in [-0.39, 0.29) is 12.1 Å². The molecule has 24 heavy (non-hydrogen) atoms. The van der Waals surface area contributed by atoms with E-state index in [0.717, 1.165) is 16.5 Å². The molecule has 0 spiro atoms. The van der Waals surface area contributed by atoms with Gasteiger partial charge in [-0.05, 0) is 39.7 Å². The van der Waals surface area contributed by atoms with Crippen molar-refractivity contribution >= 4 is 33.6 Å². The number of halogens is 2. The Labute approximate surface area is 154 Å². The van der Waals surface area contributed by atoms with Gasteiger partial charge < -0.3 is 15.0 Å². The van der Waals surface area contributed by atoms with Gasteiger partial charge in [0.05, 0.1) is 6.54 Å². The van der Waals surface area contributed by atoms with E-state index >= 15 is 0 Å². The van der Waals surface area contributed by atoms with Crippen LogP contribution in [0.1, 0.15) is 12.0 Å². The van der Waals surface area contributed by atoms with E-state index in [1.807, 2.05) is 36.4 Å². The minimum atomic E-state index is -0.0835. The molecule has 1 fully saturated rings. The molecule has 0 aliphatic carbocycles. The van der Waals surface area contributed by atoms with Gasteiger partial charge >= 0.3 is 6.03 Å². The van der Waals surface area contributed by atoms with Crippen molar-refractivity contribution in [1.29, 1.82) is 0 Å². The van der Waals surface area contributed by atoms with Crippen LogP contribution >= 0.6 is 27.5 Å². The first-order valence-electron chi connectivity index (χ1n) is 7.65. The highest BCUT2D eigenvalue weighted by atomic mass is 79.9. The summed E-state index contributed by atoms with van der Waals surface area (Å²) in [6, 6.07) is 11.0. The molecule has 2 heterocycles. The Balaban J connectivity index is 1.46. The molecule has 2 amide bonds. The van der Waals surface area contributed by atoms with Crippen LogP contribution in [0.3, 0.4) is 0 Å². The highest BCUT2D eigenvalue weighted by molar-refractivity contribution is 9.10. The SMILES string of the molecule is O=C(NCc1ccc(Cl)cc1)N1CCC(Oc2ccc(Br)cn2)C1. The van der Waals surface area contributed by atoms with Crippen LogP contribution in [0, 0.1) is 0 Å². The Bertz CT molecular complexity index is 694. The minimum absolute atomic E-state index is 0.0278. The van der Waals surface area contributed by atoms with Gasteiger partial charge in [0.25, 0.3) is 0 Å².